The van der Waals surface area contributed by atoms with Crippen molar-refractivity contribution in [1.29, 1.82) is 0 Å². The number of hydrogen-bond acceptors (Lipinski definition) is 3. The lowest BCUT2D eigenvalue weighted by Crippen LogP contribution is -2.32. The molecule has 0 atom stereocenters. The molecule has 1 aromatic carbocycles. The predicted octanol–water partition coefficient (Wildman–Crippen LogP) is 3.32. The molecule has 0 unspecified atom stereocenters. The third kappa shape index (κ3) is 5.57. The van der Waals surface area contributed by atoms with Crippen LogP contribution in [0.3, 0.4) is 0 Å². The van der Waals surface area contributed by atoms with Crippen LogP contribution >= 0.6 is 11.8 Å². The molecule has 2 rings (SSSR count). The maximum Gasteiger partial charge on any atom is 0.254 e. The van der Waals surface area contributed by atoms with Crippen LogP contribution in [0.4, 0.5) is 0 Å². The van der Waals surface area contributed by atoms with Gasteiger partial charge in [-0.1, -0.05) is 25.0 Å². The summed E-state index contributed by atoms with van der Waals surface area (Å²) in [6.45, 7) is 5.57. The van der Waals surface area contributed by atoms with Gasteiger partial charge in [-0.2, -0.15) is 0 Å². The Morgan fingerprint density at radius 2 is 1.78 bits per heavy atom. The number of hydrogen-bond donors (Lipinski definition) is 1. The summed E-state index contributed by atoms with van der Waals surface area (Å²) < 4.78 is 0. The van der Waals surface area contributed by atoms with E-state index < -0.39 is 0 Å². The molecule has 0 radical (unpaired) electrons. The number of nitrogens with zero attached hydrogens (tertiary/aromatic N) is 1. The first-order valence-corrected chi connectivity index (χ1v) is 9.37. The topological polar surface area (TPSA) is 49.4 Å². The molecule has 0 spiro atoms. The zero-order valence-electron chi connectivity index (χ0n) is 14.0. The molecule has 2 amide bonds. The Labute approximate surface area is 143 Å². The molecule has 1 aliphatic rings. The summed E-state index contributed by atoms with van der Waals surface area (Å²) in [4.78, 5) is 27.5. The number of carbonyl (C=O) groups excluding carboxylic acids is 2. The fraction of sp³-hybridized carbons (Fsp3) is 0.556. The zero-order chi connectivity index (χ0) is 16.7. The first-order chi connectivity index (χ1) is 11.1. The molecule has 126 valence electrons. The van der Waals surface area contributed by atoms with Crippen molar-refractivity contribution in [2.24, 2.45) is 0 Å². The van der Waals surface area contributed by atoms with Gasteiger partial charge in [0, 0.05) is 24.0 Å². The van der Waals surface area contributed by atoms with Crippen LogP contribution in [-0.4, -0.2) is 41.6 Å². The lowest BCUT2D eigenvalue weighted by atomic mass is 10.2. The number of nitrogens with one attached hydrogen (secondary N) is 1. The monoisotopic (exact) mass is 334 g/mol. The minimum Gasteiger partial charge on any atom is -0.353 e. The van der Waals surface area contributed by atoms with Gasteiger partial charge in [0.2, 0.25) is 5.91 Å². The molecule has 1 aromatic rings. The van der Waals surface area contributed by atoms with Gasteiger partial charge in [-0.05, 0) is 38.8 Å². The number of rotatable bonds is 5. The van der Waals surface area contributed by atoms with Gasteiger partial charge in [0.1, 0.15) is 0 Å². The summed E-state index contributed by atoms with van der Waals surface area (Å²) in [5, 5.41) is 2.88. The first kappa shape index (κ1) is 17.9. The maximum atomic E-state index is 12.8. The Morgan fingerprint density at radius 1 is 1.13 bits per heavy atom. The lowest BCUT2D eigenvalue weighted by molar-refractivity contribution is -0.119. The second-order valence-electron chi connectivity index (χ2n) is 6.21. The Morgan fingerprint density at radius 3 is 2.43 bits per heavy atom. The Kier molecular flexibility index (Phi) is 6.96. The number of amides is 2. The SMILES string of the molecule is CC(C)NC(=O)CSc1ccccc1C(=O)N1CCCCCC1. The first-order valence-electron chi connectivity index (χ1n) is 8.38. The summed E-state index contributed by atoms with van der Waals surface area (Å²) in [5.74, 6) is 0.434. The van der Waals surface area contributed by atoms with Crippen molar-refractivity contribution in [2.45, 2.75) is 50.5 Å². The fourth-order valence-electron chi connectivity index (χ4n) is 2.72. The van der Waals surface area contributed by atoms with Crippen molar-refractivity contribution in [3.05, 3.63) is 29.8 Å². The third-order valence-corrected chi connectivity index (χ3v) is 4.89. The van der Waals surface area contributed by atoms with Gasteiger partial charge in [0.25, 0.3) is 5.91 Å². The summed E-state index contributed by atoms with van der Waals surface area (Å²) in [6, 6.07) is 7.75. The molecule has 1 N–H and O–H groups in total. The highest BCUT2D eigenvalue weighted by atomic mass is 32.2. The standard InChI is InChI=1S/C18H26N2O2S/c1-14(2)19-17(21)13-23-16-10-6-5-9-15(16)18(22)20-11-7-3-4-8-12-20/h5-6,9-10,14H,3-4,7-8,11-13H2,1-2H3,(H,19,21). The van der Waals surface area contributed by atoms with Crippen LogP contribution in [0.25, 0.3) is 0 Å². The second-order valence-corrected chi connectivity index (χ2v) is 7.23. The molecule has 0 bridgehead atoms. The molecular formula is C18H26N2O2S. The van der Waals surface area contributed by atoms with Gasteiger partial charge in [-0.15, -0.1) is 11.8 Å². The van der Waals surface area contributed by atoms with E-state index in [1.54, 1.807) is 0 Å². The van der Waals surface area contributed by atoms with Crippen LogP contribution in [0.5, 0.6) is 0 Å². The molecule has 23 heavy (non-hydrogen) atoms. The van der Waals surface area contributed by atoms with Gasteiger partial charge < -0.3 is 10.2 Å². The largest absolute Gasteiger partial charge is 0.353 e. The van der Waals surface area contributed by atoms with E-state index in [4.69, 9.17) is 0 Å². The Hall–Kier alpha value is -1.49. The normalized spacial score (nSPS) is 15.3. The molecule has 1 saturated heterocycles. The van der Waals surface area contributed by atoms with E-state index >= 15 is 0 Å². The van der Waals surface area contributed by atoms with E-state index in [1.165, 1.54) is 24.6 Å². The molecule has 5 heteroatoms. The minimum atomic E-state index is 0.00187. The zero-order valence-corrected chi connectivity index (χ0v) is 14.8. The van der Waals surface area contributed by atoms with Crippen LogP contribution < -0.4 is 5.32 Å². The molecule has 1 heterocycles. The summed E-state index contributed by atoms with van der Waals surface area (Å²) in [5.41, 5.74) is 0.719. The highest BCUT2D eigenvalue weighted by Gasteiger charge is 2.20. The van der Waals surface area contributed by atoms with E-state index in [0.29, 0.717) is 5.75 Å². The van der Waals surface area contributed by atoms with Crippen molar-refractivity contribution < 1.29 is 9.59 Å². The van der Waals surface area contributed by atoms with Gasteiger partial charge in [-0.3, -0.25) is 9.59 Å². The Balaban J connectivity index is 2.04. The van der Waals surface area contributed by atoms with Crippen LogP contribution in [0.2, 0.25) is 0 Å². The van der Waals surface area contributed by atoms with Crippen molar-refractivity contribution in [1.82, 2.24) is 10.2 Å². The van der Waals surface area contributed by atoms with E-state index in [2.05, 4.69) is 5.32 Å². The lowest BCUT2D eigenvalue weighted by Gasteiger charge is -2.21. The fourth-order valence-corrected chi connectivity index (χ4v) is 3.58. The average Bonchev–Trinajstić information content (AvgIpc) is 2.81. The van der Waals surface area contributed by atoms with Crippen molar-refractivity contribution in [2.75, 3.05) is 18.8 Å². The molecular weight excluding hydrogens is 308 g/mol. The van der Waals surface area contributed by atoms with Crippen LogP contribution in [-0.2, 0) is 4.79 Å². The quantitative estimate of drug-likeness (QED) is 0.841. The molecule has 0 saturated carbocycles. The molecule has 0 aliphatic carbocycles. The number of likely N-dealkylation sites (tertiary alicyclic amines) is 1. The second kappa shape index (κ2) is 8.96. The smallest absolute Gasteiger partial charge is 0.254 e. The highest BCUT2D eigenvalue weighted by Crippen LogP contribution is 2.24. The minimum absolute atomic E-state index is 0.00187. The molecule has 0 aromatic heterocycles. The summed E-state index contributed by atoms with van der Waals surface area (Å²) in [6.07, 6.45) is 4.57. The van der Waals surface area contributed by atoms with Crippen LogP contribution in [0.15, 0.2) is 29.2 Å². The number of benzene rings is 1. The van der Waals surface area contributed by atoms with E-state index in [1.807, 2.05) is 43.0 Å². The van der Waals surface area contributed by atoms with Crippen LogP contribution in [0.1, 0.15) is 49.9 Å². The maximum absolute atomic E-state index is 12.8. The number of thioether (sulfide) groups is 1. The van der Waals surface area contributed by atoms with Gasteiger partial charge >= 0.3 is 0 Å². The molecule has 1 aliphatic heterocycles. The third-order valence-electron chi connectivity index (χ3n) is 3.82. The molecule has 4 nitrogen and oxygen atoms in total. The molecule has 1 fully saturated rings. The average molecular weight is 334 g/mol. The van der Waals surface area contributed by atoms with E-state index in [9.17, 15) is 9.59 Å². The Bertz CT molecular complexity index is 538. The van der Waals surface area contributed by atoms with Gasteiger partial charge in [-0.25, -0.2) is 0 Å². The summed E-state index contributed by atoms with van der Waals surface area (Å²) in [7, 11) is 0. The number of carbonyl (C=O) groups is 2. The van der Waals surface area contributed by atoms with Gasteiger partial charge in [0.05, 0.1) is 11.3 Å². The van der Waals surface area contributed by atoms with Crippen LogP contribution in [0, 0.1) is 0 Å². The van der Waals surface area contributed by atoms with E-state index in [0.717, 1.165) is 36.4 Å². The predicted molar refractivity (Wildman–Crippen MR) is 94.8 cm³/mol. The van der Waals surface area contributed by atoms with Crippen molar-refractivity contribution in [3.8, 4) is 0 Å². The van der Waals surface area contributed by atoms with Crippen molar-refractivity contribution >= 4 is 23.6 Å². The summed E-state index contributed by atoms with van der Waals surface area (Å²) >= 11 is 1.44. The van der Waals surface area contributed by atoms with Crippen molar-refractivity contribution in [3.63, 3.8) is 0 Å². The van der Waals surface area contributed by atoms with Gasteiger partial charge in [0.15, 0.2) is 0 Å². The highest BCUT2D eigenvalue weighted by molar-refractivity contribution is 8.00. The van der Waals surface area contributed by atoms with E-state index in [-0.39, 0.29) is 17.9 Å².